The molecule has 3 atom stereocenters. The van der Waals surface area contributed by atoms with E-state index in [0.717, 1.165) is 18.8 Å². The Labute approximate surface area is 74.1 Å². The maximum atomic E-state index is 10.2. The van der Waals surface area contributed by atoms with Gasteiger partial charge in [0, 0.05) is 6.54 Å². The Morgan fingerprint density at radius 2 is 2.17 bits per heavy atom. The molecule has 2 heteroatoms. The first-order valence-electron chi connectivity index (χ1n) is 4.93. The van der Waals surface area contributed by atoms with Crippen LogP contribution in [0, 0.1) is 17.3 Å². The highest BCUT2D eigenvalue weighted by Crippen LogP contribution is 2.62. The summed E-state index contributed by atoms with van der Waals surface area (Å²) in [6.45, 7) is 4.98. The maximum absolute atomic E-state index is 10.2. The standard InChI is InChI=1S/C10H19NO/c1-9(2)7-3-4-10(12,6-11)8(9)5-7/h7-8,12H,3-6,11H2,1-2H3. The summed E-state index contributed by atoms with van der Waals surface area (Å²) in [5.74, 6) is 1.29. The molecule has 3 unspecified atom stereocenters. The number of fused-ring (bicyclic) bond motifs is 2. The molecular weight excluding hydrogens is 150 g/mol. The second-order valence-electron chi connectivity index (χ2n) is 5.15. The zero-order chi connectivity index (χ0) is 8.98. The van der Waals surface area contributed by atoms with Gasteiger partial charge in [-0.15, -0.1) is 0 Å². The van der Waals surface area contributed by atoms with Crippen LogP contribution in [-0.2, 0) is 0 Å². The zero-order valence-electron chi connectivity index (χ0n) is 8.01. The van der Waals surface area contributed by atoms with E-state index < -0.39 is 5.60 Å². The smallest absolute Gasteiger partial charge is 0.0802 e. The molecule has 0 radical (unpaired) electrons. The van der Waals surface area contributed by atoms with E-state index >= 15 is 0 Å². The van der Waals surface area contributed by atoms with Gasteiger partial charge in [-0.3, -0.25) is 0 Å². The first-order chi connectivity index (χ1) is 5.50. The quantitative estimate of drug-likeness (QED) is 0.618. The van der Waals surface area contributed by atoms with Crippen LogP contribution in [0.1, 0.15) is 33.1 Å². The van der Waals surface area contributed by atoms with Crippen LogP contribution in [0.15, 0.2) is 0 Å². The van der Waals surface area contributed by atoms with Crippen molar-refractivity contribution < 1.29 is 5.11 Å². The third kappa shape index (κ3) is 0.826. The van der Waals surface area contributed by atoms with Crippen LogP contribution in [-0.4, -0.2) is 17.3 Å². The molecule has 3 rings (SSSR count). The highest BCUT2D eigenvalue weighted by atomic mass is 16.3. The summed E-state index contributed by atoms with van der Waals surface area (Å²) >= 11 is 0. The molecule has 70 valence electrons. The summed E-state index contributed by atoms with van der Waals surface area (Å²) in [4.78, 5) is 0. The SMILES string of the molecule is CC1(C)C2CCC(O)(CN)C1C2. The van der Waals surface area contributed by atoms with E-state index in [0.29, 0.717) is 17.9 Å². The second kappa shape index (κ2) is 2.24. The summed E-state index contributed by atoms with van der Waals surface area (Å²) in [7, 11) is 0. The molecular formula is C10H19NO. The monoisotopic (exact) mass is 169 g/mol. The molecule has 0 heterocycles. The van der Waals surface area contributed by atoms with Crippen LogP contribution in [0.4, 0.5) is 0 Å². The van der Waals surface area contributed by atoms with Crippen LogP contribution in [0.25, 0.3) is 0 Å². The van der Waals surface area contributed by atoms with Gasteiger partial charge in [0.15, 0.2) is 0 Å². The third-order valence-electron chi connectivity index (χ3n) is 4.40. The van der Waals surface area contributed by atoms with Crippen molar-refractivity contribution in [2.24, 2.45) is 23.0 Å². The summed E-state index contributed by atoms with van der Waals surface area (Å²) in [6.07, 6.45) is 3.28. The summed E-state index contributed by atoms with van der Waals surface area (Å²) < 4.78 is 0. The van der Waals surface area contributed by atoms with Crippen LogP contribution in [0.5, 0.6) is 0 Å². The molecule has 0 amide bonds. The normalized spacial score (nSPS) is 50.0. The number of aliphatic hydroxyl groups is 1. The predicted octanol–water partition coefficient (Wildman–Crippen LogP) is 1.13. The van der Waals surface area contributed by atoms with Crippen LogP contribution in [0.3, 0.4) is 0 Å². The van der Waals surface area contributed by atoms with E-state index in [1.54, 1.807) is 0 Å². The molecule has 3 aliphatic carbocycles. The van der Waals surface area contributed by atoms with Crippen molar-refractivity contribution in [1.29, 1.82) is 0 Å². The van der Waals surface area contributed by atoms with E-state index in [-0.39, 0.29) is 0 Å². The highest BCUT2D eigenvalue weighted by Gasteiger charge is 2.59. The van der Waals surface area contributed by atoms with Gasteiger partial charge in [-0.25, -0.2) is 0 Å². The molecule has 3 saturated carbocycles. The fourth-order valence-electron chi connectivity index (χ4n) is 3.26. The number of nitrogens with two attached hydrogens (primary N) is 1. The lowest BCUT2D eigenvalue weighted by molar-refractivity contribution is -0.196. The summed E-state index contributed by atoms with van der Waals surface area (Å²) in [5.41, 5.74) is 5.42. The summed E-state index contributed by atoms with van der Waals surface area (Å²) in [6, 6.07) is 0. The molecule has 3 N–H and O–H groups in total. The zero-order valence-corrected chi connectivity index (χ0v) is 8.01. The van der Waals surface area contributed by atoms with E-state index in [1.165, 1.54) is 6.42 Å². The lowest BCUT2D eigenvalue weighted by Crippen LogP contribution is -2.63. The molecule has 0 aromatic rings. The molecule has 2 nitrogen and oxygen atoms in total. The molecule has 3 fully saturated rings. The number of hydrogen-bond acceptors (Lipinski definition) is 2. The van der Waals surface area contributed by atoms with Gasteiger partial charge in [0.25, 0.3) is 0 Å². The molecule has 0 aliphatic heterocycles. The Kier molecular flexibility index (Phi) is 1.59. The van der Waals surface area contributed by atoms with Crippen molar-refractivity contribution in [3.63, 3.8) is 0 Å². The van der Waals surface area contributed by atoms with Crippen molar-refractivity contribution in [3.05, 3.63) is 0 Å². The fraction of sp³-hybridized carbons (Fsp3) is 1.00. The van der Waals surface area contributed by atoms with Gasteiger partial charge in [-0.05, 0) is 36.5 Å². The lowest BCUT2D eigenvalue weighted by Gasteiger charge is -2.63. The molecule has 2 bridgehead atoms. The van der Waals surface area contributed by atoms with Crippen molar-refractivity contribution in [3.8, 4) is 0 Å². The molecule has 0 spiro atoms. The topological polar surface area (TPSA) is 46.2 Å². The van der Waals surface area contributed by atoms with Gasteiger partial charge in [0.2, 0.25) is 0 Å². The average molecular weight is 169 g/mol. The van der Waals surface area contributed by atoms with Gasteiger partial charge in [0.05, 0.1) is 5.60 Å². The molecule has 0 saturated heterocycles. The largest absolute Gasteiger partial charge is 0.388 e. The van der Waals surface area contributed by atoms with Crippen molar-refractivity contribution >= 4 is 0 Å². The van der Waals surface area contributed by atoms with Crippen molar-refractivity contribution in [2.45, 2.75) is 38.7 Å². The van der Waals surface area contributed by atoms with E-state index in [9.17, 15) is 5.11 Å². The first-order valence-corrected chi connectivity index (χ1v) is 4.93. The number of hydrogen-bond donors (Lipinski definition) is 2. The minimum atomic E-state index is -0.543. The van der Waals surface area contributed by atoms with Gasteiger partial charge >= 0.3 is 0 Å². The Hall–Kier alpha value is -0.0800. The minimum absolute atomic E-state index is 0.340. The molecule has 0 aromatic carbocycles. The molecule has 0 aromatic heterocycles. The number of rotatable bonds is 1. The van der Waals surface area contributed by atoms with Gasteiger partial charge in [-0.1, -0.05) is 13.8 Å². The van der Waals surface area contributed by atoms with Crippen molar-refractivity contribution in [1.82, 2.24) is 0 Å². The third-order valence-corrected chi connectivity index (χ3v) is 4.40. The van der Waals surface area contributed by atoms with Crippen LogP contribution < -0.4 is 5.73 Å². The Morgan fingerprint density at radius 3 is 2.50 bits per heavy atom. The average Bonchev–Trinajstić information content (AvgIpc) is 2.04. The maximum Gasteiger partial charge on any atom is 0.0802 e. The molecule has 3 aliphatic rings. The predicted molar refractivity (Wildman–Crippen MR) is 48.6 cm³/mol. The Bertz CT molecular complexity index is 200. The van der Waals surface area contributed by atoms with E-state index in [4.69, 9.17) is 5.73 Å². The Balaban J connectivity index is 2.21. The Morgan fingerprint density at radius 1 is 1.50 bits per heavy atom. The lowest BCUT2D eigenvalue weighted by atomic mass is 9.44. The van der Waals surface area contributed by atoms with Gasteiger partial charge in [0.1, 0.15) is 0 Å². The van der Waals surface area contributed by atoms with E-state index in [2.05, 4.69) is 13.8 Å². The van der Waals surface area contributed by atoms with Crippen molar-refractivity contribution in [2.75, 3.05) is 6.54 Å². The first kappa shape index (κ1) is 8.52. The fourth-order valence-corrected chi connectivity index (χ4v) is 3.26. The van der Waals surface area contributed by atoms with Crippen LogP contribution >= 0.6 is 0 Å². The molecule has 12 heavy (non-hydrogen) atoms. The second-order valence-corrected chi connectivity index (χ2v) is 5.15. The van der Waals surface area contributed by atoms with Gasteiger partial charge < -0.3 is 10.8 Å². The summed E-state index contributed by atoms with van der Waals surface area (Å²) in [5, 5.41) is 10.2. The minimum Gasteiger partial charge on any atom is -0.388 e. The van der Waals surface area contributed by atoms with Crippen LogP contribution in [0.2, 0.25) is 0 Å². The van der Waals surface area contributed by atoms with E-state index in [1.807, 2.05) is 0 Å². The highest BCUT2D eigenvalue weighted by molar-refractivity contribution is 5.10. The van der Waals surface area contributed by atoms with Gasteiger partial charge in [-0.2, -0.15) is 0 Å².